The van der Waals surface area contributed by atoms with E-state index in [2.05, 4.69) is 30.2 Å². The Labute approximate surface area is 62.9 Å². The van der Waals surface area contributed by atoms with Crippen molar-refractivity contribution in [2.75, 3.05) is 27.2 Å². The van der Waals surface area contributed by atoms with Crippen LogP contribution in [0.1, 0.15) is 12.8 Å². The van der Waals surface area contributed by atoms with Crippen molar-refractivity contribution in [2.45, 2.75) is 12.8 Å². The van der Waals surface area contributed by atoms with E-state index in [1.54, 1.807) is 0 Å². The first-order valence-electron chi connectivity index (χ1n) is 3.93. The summed E-state index contributed by atoms with van der Waals surface area (Å²) in [7, 11) is 4.15. The van der Waals surface area contributed by atoms with Crippen LogP contribution in [0.4, 0.5) is 0 Å². The fourth-order valence-corrected chi connectivity index (χ4v) is 0.727. The van der Waals surface area contributed by atoms with Crippen LogP contribution >= 0.6 is 0 Å². The first kappa shape index (κ1) is 7.73. The van der Waals surface area contributed by atoms with Gasteiger partial charge in [-0.25, -0.2) is 0 Å². The lowest BCUT2D eigenvalue weighted by Gasteiger charge is -2.04. The van der Waals surface area contributed by atoms with E-state index in [1.807, 2.05) is 0 Å². The molecule has 0 aromatic carbocycles. The van der Waals surface area contributed by atoms with E-state index in [0.717, 1.165) is 19.0 Å². The molecule has 0 unspecified atom stereocenters. The van der Waals surface area contributed by atoms with Gasteiger partial charge in [0.2, 0.25) is 0 Å². The van der Waals surface area contributed by atoms with Gasteiger partial charge in [-0.15, -0.1) is 0 Å². The SMILES string of the molecule is CN(C)CCN=CC1CC1. The fourth-order valence-electron chi connectivity index (χ4n) is 0.727. The second-order valence-corrected chi connectivity index (χ2v) is 3.20. The van der Waals surface area contributed by atoms with Crippen LogP contribution in [-0.4, -0.2) is 38.3 Å². The maximum absolute atomic E-state index is 4.31. The summed E-state index contributed by atoms with van der Waals surface area (Å²) >= 11 is 0. The van der Waals surface area contributed by atoms with Gasteiger partial charge in [-0.05, 0) is 32.9 Å². The lowest BCUT2D eigenvalue weighted by molar-refractivity contribution is 0.420. The Morgan fingerprint density at radius 3 is 2.70 bits per heavy atom. The Balaban J connectivity index is 1.93. The highest BCUT2D eigenvalue weighted by molar-refractivity contribution is 5.63. The highest BCUT2D eigenvalue weighted by atomic mass is 15.1. The summed E-state index contributed by atoms with van der Waals surface area (Å²) < 4.78 is 0. The molecule has 0 atom stereocenters. The van der Waals surface area contributed by atoms with Crippen molar-refractivity contribution in [3.8, 4) is 0 Å². The molecule has 1 saturated carbocycles. The summed E-state index contributed by atoms with van der Waals surface area (Å²) in [5, 5.41) is 0. The van der Waals surface area contributed by atoms with E-state index >= 15 is 0 Å². The molecule has 0 radical (unpaired) electrons. The Bertz CT molecular complexity index is 114. The number of likely N-dealkylation sites (N-methyl/N-ethyl adjacent to an activating group) is 1. The second kappa shape index (κ2) is 3.71. The van der Waals surface area contributed by atoms with Gasteiger partial charge in [0, 0.05) is 12.8 Å². The van der Waals surface area contributed by atoms with Crippen LogP contribution in [0.3, 0.4) is 0 Å². The average Bonchev–Trinajstić information content (AvgIpc) is 2.62. The zero-order valence-corrected chi connectivity index (χ0v) is 6.88. The molecule has 0 N–H and O–H groups in total. The number of hydrogen-bond acceptors (Lipinski definition) is 2. The van der Waals surface area contributed by atoms with Gasteiger partial charge in [0.1, 0.15) is 0 Å². The minimum absolute atomic E-state index is 0.835. The first-order valence-corrected chi connectivity index (χ1v) is 3.93. The average molecular weight is 140 g/mol. The summed E-state index contributed by atoms with van der Waals surface area (Å²) in [5.41, 5.74) is 0. The van der Waals surface area contributed by atoms with E-state index in [0.29, 0.717) is 0 Å². The molecule has 1 fully saturated rings. The van der Waals surface area contributed by atoms with E-state index in [1.165, 1.54) is 12.8 Å². The van der Waals surface area contributed by atoms with Crippen molar-refractivity contribution in [3.05, 3.63) is 0 Å². The fraction of sp³-hybridized carbons (Fsp3) is 0.875. The largest absolute Gasteiger partial charge is 0.308 e. The molecule has 58 valence electrons. The third-order valence-electron chi connectivity index (χ3n) is 1.61. The molecule has 0 spiro atoms. The molecule has 0 bridgehead atoms. The molecule has 0 aromatic rings. The van der Waals surface area contributed by atoms with Gasteiger partial charge in [-0.2, -0.15) is 0 Å². The third-order valence-corrected chi connectivity index (χ3v) is 1.61. The van der Waals surface area contributed by atoms with Crippen LogP contribution in [0.15, 0.2) is 4.99 Å². The second-order valence-electron chi connectivity index (χ2n) is 3.20. The molecule has 10 heavy (non-hydrogen) atoms. The minimum atomic E-state index is 0.835. The lowest BCUT2D eigenvalue weighted by Crippen LogP contribution is -2.15. The van der Waals surface area contributed by atoms with Crippen LogP contribution in [0.25, 0.3) is 0 Å². The van der Waals surface area contributed by atoms with Gasteiger partial charge in [0.05, 0.1) is 6.54 Å². The highest BCUT2D eigenvalue weighted by Crippen LogP contribution is 2.26. The Morgan fingerprint density at radius 1 is 1.50 bits per heavy atom. The summed E-state index contributed by atoms with van der Waals surface area (Å²) in [6.07, 6.45) is 4.85. The lowest BCUT2D eigenvalue weighted by atomic mass is 10.5. The van der Waals surface area contributed by atoms with Crippen LogP contribution < -0.4 is 0 Å². The Hall–Kier alpha value is -0.370. The molecule has 2 heteroatoms. The predicted octanol–water partition coefficient (Wildman–Crippen LogP) is 1.03. The summed E-state index contributed by atoms with van der Waals surface area (Å²) in [6.45, 7) is 2.03. The van der Waals surface area contributed by atoms with Crippen molar-refractivity contribution in [1.82, 2.24) is 4.90 Å². The molecule has 1 aliphatic rings. The van der Waals surface area contributed by atoms with Gasteiger partial charge in [-0.3, -0.25) is 4.99 Å². The maximum Gasteiger partial charge on any atom is 0.0512 e. The molecule has 0 heterocycles. The molecule has 2 nitrogen and oxygen atoms in total. The van der Waals surface area contributed by atoms with Crippen molar-refractivity contribution in [2.24, 2.45) is 10.9 Å². The molecule has 1 rings (SSSR count). The topological polar surface area (TPSA) is 15.6 Å². The van der Waals surface area contributed by atoms with Gasteiger partial charge in [-0.1, -0.05) is 0 Å². The van der Waals surface area contributed by atoms with E-state index in [4.69, 9.17) is 0 Å². The smallest absolute Gasteiger partial charge is 0.0512 e. The Morgan fingerprint density at radius 2 is 2.20 bits per heavy atom. The van der Waals surface area contributed by atoms with Crippen LogP contribution in [0, 0.1) is 5.92 Å². The molecule has 0 aromatic heterocycles. The first-order chi connectivity index (χ1) is 4.79. The van der Waals surface area contributed by atoms with E-state index in [9.17, 15) is 0 Å². The zero-order valence-electron chi connectivity index (χ0n) is 6.88. The highest BCUT2D eigenvalue weighted by Gasteiger charge is 2.17. The quantitative estimate of drug-likeness (QED) is 0.532. The normalized spacial score (nSPS) is 19.1. The molecule has 0 aliphatic heterocycles. The van der Waals surface area contributed by atoms with E-state index < -0.39 is 0 Å². The predicted molar refractivity (Wildman–Crippen MR) is 44.6 cm³/mol. The van der Waals surface area contributed by atoms with Crippen molar-refractivity contribution >= 4 is 6.21 Å². The van der Waals surface area contributed by atoms with Gasteiger partial charge in [0.25, 0.3) is 0 Å². The minimum Gasteiger partial charge on any atom is -0.308 e. The number of rotatable bonds is 4. The third kappa shape index (κ3) is 3.62. The van der Waals surface area contributed by atoms with Crippen LogP contribution in [-0.2, 0) is 0 Å². The zero-order chi connectivity index (χ0) is 7.40. The molecule has 0 amide bonds. The Kier molecular flexibility index (Phi) is 2.87. The number of hydrogen-bond donors (Lipinski definition) is 0. The van der Waals surface area contributed by atoms with Gasteiger partial charge >= 0.3 is 0 Å². The van der Waals surface area contributed by atoms with E-state index in [-0.39, 0.29) is 0 Å². The van der Waals surface area contributed by atoms with Gasteiger partial charge in [0.15, 0.2) is 0 Å². The molecular formula is C8H16N2. The standard InChI is InChI=1S/C8H16N2/c1-10(2)6-5-9-7-8-3-4-8/h7-8H,3-6H2,1-2H3. The van der Waals surface area contributed by atoms with Gasteiger partial charge < -0.3 is 4.90 Å². The van der Waals surface area contributed by atoms with Crippen LogP contribution in [0.5, 0.6) is 0 Å². The summed E-state index contributed by atoms with van der Waals surface area (Å²) in [6, 6.07) is 0. The number of aliphatic imine (C=N–C) groups is 1. The number of nitrogens with zero attached hydrogens (tertiary/aromatic N) is 2. The van der Waals surface area contributed by atoms with Crippen molar-refractivity contribution in [1.29, 1.82) is 0 Å². The molecule has 0 saturated heterocycles. The summed E-state index contributed by atoms with van der Waals surface area (Å²) in [4.78, 5) is 6.46. The van der Waals surface area contributed by atoms with Crippen molar-refractivity contribution in [3.63, 3.8) is 0 Å². The monoisotopic (exact) mass is 140 g/mol. The van der Waals surface area contributed by atoms with Crippen molar-refractivity contribution < 1.29 is 0 Å². The maximum atomic E-state index is 4.31. The molecule has 1 aliphatic carbocycles. The van der Waals surface area contributed by atoms with Crippen LogP contribution in [0.2, 0.25) is 0 Å². The summed E-state index contributed by atoms with van der Waals surface area (Å²) in [5.74, 6) is 0.835. The molecular weight excluding hydrogens is 124 g/mol.